The average molecular weight is 388 g/mol. The molecule has 0 unspecified atom stereocenters. The van der Waals surface area contributed by atoms with Crippen LogP contribution in [0.1, 0.15) is 25.5 Å². The van der Waals surface area contributed by atoms with Gasteiger partial charge in [-0.1, -0.05) is 37.7 Å². The van der Waals surface area contributed by atoms with E-state index >= 15 is 0 Å². The van der Waals surface area contributed by atoms with Gasteiger partial charge in [-0.3, -0.25) is 0 Å². The zero-order valence-electron chi connectivity index (χ0n) is 15.8. The SMILES string of the molecule is CC(C)c1ccc2c(Nc3ccccc3Sc3ccc(N)cc3)ncnc2n1. The second-order valence-corrected chi connectivity index (χ2v) is 7.89. The number of pyridine rings is 1. The third-order valence-corrected chi connectivity index (χ3v) is 5.44. The van der Waals surface area contributed by atoms with Crippen molar-refractivity contribution < 1.29 is 0 Å². The molecule has 0 radical (unpaired) electrons. The standard InChI is InChI=1S/C22H21N5S/c1-14(2)18-12-11-17-21(26-18)24-13-25-22(17)27-19-5-3-4-6-20(19)28-16-9-7-15(23)8-10-16/h3-14H,23H2,1-2H3,(H,24,25,26,27). The maximum Gasteiger partial charge on any atom is 0.164 e. The first-order valence-electron chi connectivity index (χ1n) is 9.11. The van der Waals surface area contributed by atoms with Gasteiger partial charge in [-0.2, -0.15) is 0 Å². The van der Waals surface area contributed by atoms with Crippen molar-refractivity contribution in [3.05, 3.63) is 72.7 Å². The van der Waals surface area contributed by atoms with E-state index in [2.05, 4.69) is 40.2 Å². The fourth-order valence-corrected chi connectivity index (χ4v) is 3.73. The van der Waals surface area contributed by atoms with Gasteiger partial charge in [0.1, 0.15) is 12.1 Å². The predicted molar refractivity (Wildman–Crippen MR) is 116 cm³/mol. The van der Waals surface area contributed by atoms with E-state index in [4.69, 9.17) is 5.73 Å². The third-order valence-electron chi connectivity index (χ3n) is 4.36. The van der Waals surface area contributed by atoms with Crippen LogP contribution in [0.2, 0.25) is 0 Å². The minimum absolute atomic E-state index is 0.354. The Hall–Kier alpha value is -3.12. The molecule has 5 nitrogen and oxygen atoms in total. The number of aromatic nitrogens is 3. The first-order chi connectivity index (χ1) is 13.6. The number of para-hydroxylation sites is 1. The molecule has 0 aliphatic heterocycles. The molecule has 28 heavy (non-hydrogen) atoms. The Labute approximate surface area is 168 Å². The highest BCUT2D eigenvalue weighted by Gasteiger charge is 2.10. The van der Waals surface area contributed by atoms with Crippen molar-refractivity contribution in [3.63, 3.8) is 0 Å². The zero-order valence-corrected chi connectivity index (χ0v) is 16.6. The molecule has 0 saturated heterocycles. The molecule has 2 aromatic carbocycles. The van der Waals surface area contributed by atoms with Crippen molar-refractivity contribution >= 4 is 40.0 Å². The predicted octanol–water partition coefficient (Wildman–Crippen LogP) is 5.63. The molecule has 4 rings (SSSR count). The summed E-state index contributed by atoms with van der Waals surface area (Å²) < 4.78 is 0. The van der Waals surface area contributed by atoms with Gasteiger partial charge in [0.2, 0.25) is 0 Å². The Kier molecular flexibility index (Phi) is 5.12. The van der Waals surface area contributed by atoms with Crippen LogP contribution in [0.25, 0.3) is 11.0 Å². The van der Waals surface area contributed by atoms with Crippen LogP contribution in [-0.2, 0) is 0 Å². The van der Waals surface area contributed by atoms with E-state index in [1.54, 1.807) is 18.1 Å². The van der Waals surface area contributed by atoms with Gasteiger partial charge in [-0.05, 0) is 54.4 Å². The molecule has 0 spiro atoms. The Balaban J connectivity index is 1.67. The molecule has 0 atom stereocenters. The first kappa shape index (κ1) is 18.3. The summed E-state index contributed by atoms with van der Waals surface area (Å²) in [6.45, 7) is 4.25. The van der Waals surface area contributed by atoms with Crippen LogP contribution in [-0.4, -0.2) is 15.0 Å². The molecule has 0 aliphatic carbocycles. The Morgan fingerprint density at radius 1 is 0.929 bits per heavy atom. The Morgan fingerprint density at radius 2 is 1.71 bits per heavy atom. The summed E-state index contributed by atoms with van der Waals surface area (Å²) in [5.74, 6) is 1.10. The van der Waals surface area contributed by atoms with E-state index in [9.17, 15) is 0 Å². The van der Waals surface area contributed by atoms with Crippen LogP contribution in [0.15, 0.2) is 76.8 Å². The van der Waals surface area contributed by atoms with Gasteiger partial charge in [-0.25, -0.2) is 15.0 Å². The van der Waals surface area contributed by atoms with E-state index < -0.39 is 0 Å². The molecule has 140 valence electrons. The van der Waals surface area contributed by atoms with Crippen molar-refractivity contribution in [1.29, 1.82) is 0 Å². The average Bonchev–Trinajstić information content (AvgIpc) is 2.71. The highest BCUT2D eigenvalue weighted by atomic mass is 32.2. The topological polar surface area (TPSA) is 76.7 Å². The van der Waals surface area contributed by atoms with E-state index in [1.165, 1.54) is 0 Å². The lowest BCUT2D eigenvalue weighted by Crippen LogP contribution is -2.00. The first-order valence-corrected chi connectivity index (χ1v) is 9.93. The summed E-state index contributed by atoms with van der Waals surface area (Å²) in [4.78, 5) is 15.7. The molecule has 4 aromatic rings. The number of rotatable bonds is 5. The summed E-state index contributed by atoms with van der Waals surface area (Å²) in [7, 11) is 0. The second-order valence-electron chi connectivity index (χ2n) is 6.78. The molecule has 2 heterocycles. The van der Waals surface area contributed by atoms with Crippen LogP contribution in [0.4, 0.5) is 17.2 Å². The monoisotopic (exact) mass is 387 g/mol. The molecule has 0 saturated carbocycles. The van der Waals surface area contributed by atoms with Crippen LogP contribution < -0.4 is 11.1 Å². The van der Waals surface area contributed by atoms with Crippen LogP contribution in [0.3, 0.4) is 0 Å². The summed E-state index contributed by atoms with van der Waals surface area (Å²) >= 11 is 1.68. The lowest BCUT2D eigenvalue weighted by Gasteiger charge is -2.13. The fourth-order valence-electron chi connectivity index (χ4n) is 2.83. The summed E-state index contributed by atoms with van der Waals surface area (Å²) in [5.41, 5.74) is 9.26. The van der Waals surface area contributed by atoms with Crippen molar-refractivity contribution in [2.24, 2.45) is 0 Å². The van der Waals surface area contributed by atoms with Crippen molar-refractivity contribution in [1.82, 2.24) is 15.0 Å². The molecule has 2 aromatic heterocycles. The van der Waals surface area contributed by atoms with Crippen LogP contribution in [0.5, 0.6) is 0 Å². The minimum atomic E-state index is 0.354. The van der Waals surface area contributed by atoms with Crippen molar-refractivity contribution in [2.75, 3.05) is 11.1 Å². The van der Waals surface area contributed by atoms with Gasteiger partial charge in [0.25, 0.3) is 0 Å². The number of nitrogen functional groups attached to an aromatic ring is 1. The van der Waals surface area contributed by atoms with Gasteiger partial charge in [0.05, 0.1) is 11.1 Å². The molecule has 0 aliphatic rings. The van der Waals surface area contributed by atoms with E-state index in [1.807, 2.05) is 54.6 Å². The van der Waals surface area contributed by atoms with Gasteiger partial charge in [0.15, 0.2) is 5.65 Å². The molecule has 0 fully saturated rings. The Morgan fingerprint density at radius 3 is 2.50 bits per heavy atom. The number of hydrogen-bond acceptors (Lipinski definition) is 6. The lowest BCUT2D eigenvalue weighted by molar-refractivity contribution is 0.827. The maximum absolute atomic E-state index is 5.79. The zero-order chi connectivity index (χ0) is 19.5. The number of nitrogens with one attached hydrogen (secondary N) is 1. The van der Waals surface area contributed by atoms with Gasteiger partial charge < -0.3 is 11.1 Å². The van der Waals surface area contributed by atoms with Crippen molar-refractivity contribution in [2.45, 2.75) is 29.6 Å². The number of nitrogens with zero attached hydrogens (tertiary/aromatic N) is 3. The lowest BCUT2D eigenvalue weighted by atomic mass is 10.1. The molecular weight excluding hydrogens is 366 g/mol. The van der Waals surface area contributed by atoms with Gasteiger partial charge in [0, 0.05) is 21.2 Å². The van der Waals surface area contributed by atoms with Gasteiger partial charge >= 0.3 is 0 Å². The number of nitrogens with two attached hydrogens (primary N) is 1. The quantitative estimate of drug-likeness (QED) is 0.433. The van der Waals surface area contributed by atoms with E-state index in [0.717, 1.165) is 38.1 Å². The van der Waals surface area contributed by atoms with Crippen LogP contribution in [0, 0.1) is 0 Å². The minimum Gasteiger partial charge on any atom is -0.399 e. The number of fused-ring (bicyclic) bond motifs is 1. The van der Waals surface area contributed by atoms with E-state index in [0.29, 0.717) is 11.6 Å². The summed E-state index contributed by atoms with van der Waals surface area (Å²) in [5, 5.41) is 4.36. The molecule has 6 heteroatoms. The fraction of sp³-hybridized carbons (Fsp3) is 0.136. The number of benzene rings is 2. The normalized spacial score (nSPS) is 11.1. The largest absolute Gasteiger partial charge is 0.399 e. The number of hydrogen-bond donors (Lipinski definition) is 2. The number of anilines is 3. The third kappa shape index (κ3) is 3.92. The van der Waals surface area contributed by atoms with Crippen LogP contribution >= 0.6 is 11.8 Å². The van der Waals surface area contributed by atoms with Crippen molar-refractivity contribution in [3.8, 4) is 0 Å². The molecular formula is C22H21N5S. The highest BCUT2D eigenvalue weighted by Crippen LogP contribution is 2.35. The molecule has 0 amide bonds. The molecule has 0 bridgehead atoms. The molecule has 3 N–H and O–H groups in total. The van der Waals surface area contributed by atoms with E-state index in [-0.39, 0.29) is 0 Å². The smallest absolute Gasteiger partial charge is 0.164 e. The maximum atomic E-state index is 5.79. The summed E-state index contributed by atoms with van der Waals surface area (Å²) in [6.07, 6.45) is 1.55. The van der Waals surface area contributed by atoms with Gasteiger partial charge in [-0.15, -0.1) is 0 Å². The summed E-state index contributed by atoms with van der Waals surface area (Å²) in [6, 6.07) is 20.1. The Bertz CT molecular complexity index is 1110. The second kappa shape index (κ2) is 7.86. The highest BCUT2D eigenvalue weighted by molar-refractivity contribution is 7.99.